The van der Waals surface area contributed by atoms with Crippen molar-refractivity contribution in [3.05, 3.63) is 24.2 Å². The van der Waals surface area contributed by atoms with Crippen LogP contribution in [-0.2, 0) is 4.79 Å². The molecular weight excluding hydrogens is 258 g/mol. The Morgan fingerprint density at radius 3 is 2.80 bits per heavy atom. The summed E-state index contributed by atoms with van der Waals surface area (Å²) in [5, 5.41) is 5.53. The number of rotatable bonds is 6. The van der Waals surface area contributed by atoms with Crippen LogP contribution in [0.2, 0.25) is 0 Å². The van der Waals surface area contributed by atoms with Crippen molar-refractivity contribution in [1.29, 1.82) is 0 Å². The minimum absolute atomic E-state index is 0.0285. The van der Waals surface area contributed by atoms with Crippen molar-refractivity contribution >= 4 is 11.8 Å². The molecule has 0 spiro atoms. The Morgan fingerprint density at radius 1 is 1.30 bits per heavy atom. The van der Waals surface area contributed by atoms with E-state index in [0.717, 1.165) is 19.3 Å². The fraction of sp³-hybridized carbons (Fsp3) is 0.571. The normalized spacial score (nSPS) is 21.6. The molecule has 2 rings (SSSR count). The van der Waals surface area contributed by atoms with E-state index in [4.69, 9.17) is 10.2 Å². The molecule has 0 aliphatic heterocycles. The first kappa shape index (κ1) is 14.6. The van der Waals surface area contributed by atoms with Crippen molar-refractivity contribution in [1.82, 2.24) is 10.6 Å². The van der Waals surface area contributed by atoms with E-state index >= 15 is 0 Å². The van der Waals surface area contributed by atoms with Crippen LogP contribution in [0.4, 0.5) is 0 Å². The predicted octanol–water partition coefficient (Wildman–Crippen LogP) is 0.501. The molecule has 0 saturated heterocycles. The maximum atomic E-state index is 12.0. The van der Waals surface area contributed by atoms with E-state index in [9.17, 15) is 9.59 Å². The van der Waals surface area contributed by atoms with Gasteiger partial charge in [0.2, 0.25) is 5.91 Å². The molecule has 2 amide bonds. The molecule has 4 N–H and O–H groups in total. The van der Waals surface area contributed by atoms with Crippen LogP contribution in [0.5, 0.6) is 0 Å². The molecule has 1 aliphatic carbocycles. The highest BCUT2D eigenvalue weighted by Crippen LogP contribution is 2.30. The lowest BCUT2D eigenvalue weighted by Gasteiger charge is -2.17. The second-order valence-electron chi connectivity index (χ2n) is 5.06. The lowest BCUT2D eigenvalue weighted by Crippen LogP contribution is -2.39. The van der Waals surface area contributed by atoms with E-state index in [1.807, 2.05) is 0 Å². The van der Waals surface area contributed by atoms with Crippen LogP contribution in [0.25, 0.3) is 0 Å². The molecule has 110 valence electrons. The maximum absolute atomic E-state index is 12.0. The van der Waals surface area contributed by atoms with Gasteiger partial charge in [0.15, 0.2) is 5.76 Å². The molecule has 1 saturated carbocycles. The summed E-state index contributed by atoms with van der Waals surface area (Å²) in [6.45, 7) is 1.36. The first-order chi connectivity index (χ1) is 9.72. The van der Waals surface area contributed by atoms with Crippen molar-refractivity contribution in [2.45, 2.75) is 19.3 Å². The Labute approximate surface area is 118 Å². The van der Waals surface area contributed by atoms with Gasteiger partial charge in [0.1, 0.15) is 0 Å². The minimum atomic E-state index is -0.273. The molecule has 1 aliphatic rings. The van der Waals surface area contributed by atoms with Gasteiger partial charge < -0.3 is 20.8 Å². The lowest BCUT2D eigenvalue weighted by atomic mass is 9.95. The largest absolute Gasteiger partial charge is 0.459 e. The summed E-state index contributed by atoms with van der Waals surface area (Å²) in [6.07, 6.45) is 4.45. The van der Waals surface area contributed by atoms with Crippen LogP contribution >= 0.6 is 0 Å². The molecule has 0 unspecified atom stereocenters. The zero-order valence-electron chi connectivity index (χ0n) is 11.4. The second-order valence-corrected chi connectivity index (χ2v) is 5.06. The van der Waals surface area contributed by atoms with Gasteiger partial charge in [-0.25, -0.2) is 0 Å². The van der Waals surface area contributed by atoms with Gasteiger partial charge in [0.05, 0.1) is 6.26 Å². The summed E-state index contributed by atoms with van der Waals surface area (Å²) in [5.74, 6) is 0.374. The molecule has 20 heavy (non-hydrogen) atoms. The quantitative estimate of drug-likeness (QED) is 0.660. The number of carbonyl (C=O) groups excluding carboxylic acids is 2. The lowest BCUT2D eigenvalue weighted by molar-refractivity contribution is -0.125. The molecular formula is C14H21N3O3. The van der Waals surface area contributed by atoms with E-state index in [-0.39, 0.29) is 23.5 Å². The van der Waals surface area contributed by atoms with E-state index in [1.165, 1.54) is 6.26 Å². The molecule has 1 heterocycles. The molecule has 6 heteroatoms. The zero-order chi connectivity index (χ0) is 14.4. The van der Waals surface area contributed by atoms with E-state index in [0.29, 0.717) is 25.6 Å². The third-order valence-electron chi connectivity index (χ3n) is 3.75. The highest BCUT2D eigenvalue weighted by atomic mass is 16.3. The van der Waals surface area contributed by atoms with Gasteiger partial charge in [0.25, 0.3) is 5.91 Å². The Hall–Kier alpha value is -1.82. The van der Waals surface area contributed by atoms with E-state index in [1.54, 1.807) is 12.1 Å². The molecule has 0 radical (unpaired) electrons. The molecule has 0 aromatic carbocycles. The van der Waals surface area contributed by atoms with E-state index in [2.05, 4.69) is 10.6 Å². The highest BCUT2D eigenvalue weighted by Gasteiger charge is 2.31. The van der Waals surface area contributed by atoms with Crippen LogP contribution in [-0.4, -0.2) is 31.4 Å². The third kappa shape index (κ3) is 3.60. The average Bonchev–Trinajstić information content (AvgIpc) is 3.12. The van der Waals surface area contributed by atoms with Crippen LogP contribution in [0, 0.1) is 11.8 Å². The van der Waals surface area contributed by atoms with Gasteiger partial charge in [-0.3, -0.25) is 9.59 Å². The highest BCUT2D eigenvalue weighted by molar-refractivity contribution is 5.91. The molecule has 1 fully saturated rings. The Morgan fingerprint density at radius 2 is 2.10 bits per heavy atom. The summed E-state index contributed by atoms with van der Waals surface area (Å²) >= 11 is 0. The van der Waals surface area contributed by atoms with Crippen molar-refractivity contribution in [3.63, 3.8) is 0 Å². The monoisotopic (exact) mass is 279 g/mol. The van der Waals surface area contributed by atoms with Crippen molar-refractivity contribution < 1.29 is 14.0 Å². The van der Waals surface area contributed by atoms with Crippen molar-refractivity contribution in [2.75, 3.05) is 19.6 Å². The van der Waals surface area contributed by atoms with Gasteiger partial charge in [0, 0.05) is 19.0 Å². The van der Waals surface area contributed by atoms with Crippen molar-refractivity contribution in [3.8, 4) is 0 Å². The molecule has 6 nitrogen and oxygen atoms in total. The summed E-state index contributed by atoms with van der Waals surface area (Å²) < 4.78 is 4.97. The van der Waals surface area contributed by atoms with Gasteiger partial charge in [-0.05, 0) is 37.4 Å². The van der Waals surface area contributed by atoms with Gasteiger partial charge in [-0.2, -0.15) is 0 Å². The summed E-state index contributed by atoms with van der Waals surface area (Å²) in [5.41, 5.74) is 5.66. The number of amides is 2. The maximum Gasteiger partial charge on any atom is 0.287 e. The number of hydrogen-bond donors (Lipinski definition) is 3. The molecule has 1 aromatic rings. The molecule has 1 aromatic heterocycles. The standard InChI is InChI=1S/C14H21N3O3/c15-9-10-3-1-4-11(10)13(18)16-6-7-17-14(19)12-5-2-8-20-12/h2,5,8,10-11H,1,3-4,6-7,9,15H2,(H,16,18)(H,17,19)/t10-,11-/m1/s1. The SMILES string of the molecule is NC[C@H]1CCC[C@H]1C(=O)NCCNC(=O)c1ccco1. The first-order valence-electron chi connectivity index (χ1n) is 7.02. The minimum Gasteiger partial charge on any atom is -0.459 e. The fourth-order valence-electron chi connectivity index (χ4n) is 2.65. The topological polar surface area (TPSA) is 97.4 Å². The number of carbonyl (C=O) groups is 2. The van der Waals surface area contributed by atoms with Gasteiger partial charge in [-0.1, -0.05) is 6.42 Å². The number of hydrogen-bond acceptors (Lipinski definition) is 4. The Bertz CT molecular complexity index is 445. The number of nitrogens with two attached hydrogens (primary N) is 1. The number of furan rings is 1. The third-order valence-corrected chi connectivity index (χ3v) is 3.75. The summed E-state index contributed by atoms with van der Waals surface area (Å²) in [7, 11) is 0. The Balaban J connectivity index is 1.66. The predicted molar refractivity (Wildman–Crippen MR) is 73.9 cm³/mol. The summed E-state index contributed by atoms with van der Waals surface area (Å²) in [6, 6.07) is 3.25. The Kier molecular flexibility index (Phi) is 5.17. The smallest absolute Gasteiger partial charge is 0.287 e. The van der Waals surface area contributed by atoms with Crippen LogP contribution in [0.15, 0.2) is 22.8 Å². The van der Waals surface area contributed by atoms with Crippen LogP contribution in [0.3, 0.4) is 0 Å². The molecule has 2 atom stereocenters. The van der Waals surface area contributed by atoms with Gasteiger partial charge in [-0.15, -0.1) is 0 Å². The first-order valence-corrected chi connectivity index (χ1v) is 7.02. The fourth-order valence-corrected chi connectivity index (χ4v) is 2.65. The number of nitrogens with one attached hydrogen (secondary N) is 2. The van der Waals surface area contributed by atoms with Crippen LogP contribution < -0.4 is 16.4 Å². The molecule has 0 bridgehead atoms. The van der Waals surface area contributed by atoms with Crippen molar-refractivity contribution in [2.24, 2.45) is 17.6 Å². The zero-order valence-corrected chi connectivity index (χ0v) is 11.4. The summed E-state index contributed by atoms with van der Waals surface area (Å²) in [4.78, 5) is 23.6. The second kappa shape index (κ2) is 7.09. The van der Waals surface area contributed by atoms with Crippen LogP contribution in [0.1, 0.15) is 29.8 Å². The van der Waals surface area contributed by atoms with E-state index < -0.39 is 0 Å². The van der Waals surface area contributed by atoms with Gasteiger partial charge >= 0.3 is 0 Å². The average molecular weight is 279 g/mol.